The van der Waals surface area contributed by atoms with Crippen LogP contribution in [0.5, 0.6) is 5.75 Å². The molecule has 0 aliphatic carbocycles. The normalized spacial score (nSPS) is 12.5. The summed E-state index contributed by atoms with van der Waals surface area (Å²) in [4.78, 5) is 23.8. The Bertz CT molecular complexity index is 708. The molecule has 0 heterocycles. The molecule has 24 heavy (non-hydrogen) atoms. The summed E-state index contributed by atoms with van der Waals surface area (Å²) in [6.45, 7) is 3.12. The molecule has 0 fully saturated rings. The van der Waals surface area contributed by atoms with E-state index in [4.69, 9.17) is 4.74 Å². The summed E-state index contributed by atoms with van der Waals surface area (Å²) in [6.07, 6.45) is 0.0737. The van der Waals surface area contributed by atoms with Gasteiger partial charge < -0.3 is 4.74 Å². The highest BCUT2D eigenvalue weighted by Crippen LogP contribution is 2.34. The van der Waals surface area contributed by atoms with Crippen molar-refractivity contribution in [1.82, 2.24) is 0 Å². The molecular formula is C19H21NO4. The molecule has 0 aliphatic heterocycles. The second-order valence-electron chi connectivity index (χ2n) is 6.23. The van der Waals surface area contributed by atoms with E-state index in [9.17, 15) is 14.9 Å². The lowest BCUT2D eigenvalue weighted by atomic mass is 9.78. The van der Waals surface area contributed by atoms with Crippen LogP contribution < -0.4 is 4.74 Å². The number of rotatable bonds is 7. The second-order valence-corrected chi connectivity index (χ2v) is 6.23. The van der Waals surface area contributed by atoms with Gasteiger partial charge in [0.05, 0.1) is 13.0 Å². The number of carbonyl (C=O) groups excluding carboxylic acids is 1. The fraction of sp³-hybridized carbons (Fsp3) is 0.316. The lowest BCUT2D eigenvalue weighted by Gasteiger charge is -2.26. The molecule has 0 radical (unpaired) electrons. The predicted octanol–water partition coefficient (Wildman–Crippen LogP) is 4.11. The molecule has 0 amide bonds. The van der Waals surface area contributed by atoms with E-state index in [0.29, 0.717) is 11.3 Å². The Morgan fingerprint density at radius 1 is 1.12 bits per heavy atom. The first kappa shape index (κ1) is 17.7. The van der Waals surface area contributed by atoms with Crippen LogP contribution >= 0.6 is 0 Å². The summed E-state index contributed by atoms with van der Waals surface area (Å²) in [6, 6.07) is 16.0. The van der Waals surface area contributed by atoms with E-state index in [1.807, 2.05) is 30.3 Å². The standard InChI is InChI=1S/C19H21NO4/c1-19(2,20(22)23)17(14-7-5-4-6-8-14)13-18(21)15-9-11-16(24-3)12-10-15/h4-12,17H,13H2,1-3H3/t17-/m1/s1. The van der Waals surface area contributed by atoms with Crippen LogP contribution in [0.15, 0.2) is 54.6 Å². The van der Waals surface area contributed by atoms with Gasteiger partial charge in [-0.1, -0.05) is 30.3 Å². The van der Waals surface area contributed by atoms with Gasteiger partial charge in [-0.2, -0.15) is 0 Å². The van der Waals surface area contributed by atoms with Gasteiger partial charge in [0, 0.05) is 30.8 Å². The van der Waals surface area contributed by atoms with Crippen molar-refractivity contribution in [3.05, 3.63) is 75.8 Å². The number of ketones is 1. The van der Waals surface area contributed by atoms with Gasteiger partial charge in [-0.05, 0) is 29.8 Å². The average molecular weight is 327 g/mol. The van der Waals surface area contributed by atoms with E-state index < -0.39 is 11.5 Å². The zero-order chi connectivity index (χ0) is 17.7. The minimum Gasteiger partial charge on any atom is -0.497 e. The Kier molecular flexibility index (Phi) is 5.34. The molecule has 0 unspecified atom stereocenters. The monoisotopic (exact) mass is 327 g/mol. The van der Waals surface area contributed by atoms with Crippen molar-refractivity contribution in [1.29, 1.82) is 0 Å². The Balaban J connectivity index is 2.31. The van der Waals surface area contributed by atoms with Crippen LogP contribution in [0.3, 0.4) is 0 Å². The summed E-state index contributed by atoms with van der Waals surface area (Å²) in [7, 11) is 1.56. The van der Waals surface area contributed by atoms with E-state index in [1.165, 1.54) is 0 Å². The summed E-state index contributed by atoms with van der Waals surface area (Å²) >= 11 is 0. The highest BCUT2D eigenvalue weighted by Gasteiger charge is 2.42. The Labute approximate surface area is 141 Å². The maximum absolute atomic E-state index is 12.6. The number of hydrogen-bond donors (Lipinski definition) is 0. The van der Waals surface area contributed by atoms with Crippen LogP contribution in [0.2, 0.25) is 0 Å². The Morgan fingerprint density at radius 3 is 2.21 bits per heavy atom. The van der Waals surface area contributed by atoms with Crippen LogP contribution in [0.25, 0.3) is 0 Å². The third-order valence-corrected chi connectivity index (χ3v) is 4.33. The fourth-order valence-electron chi connectivity index (χ4n) is 2.67. The molecule has 5 heteroatoms. The van der Waals surface area contributed by atoms with Gasteiger partial charge in [0.2, 0.25) is 5.54 Å². The summed E-state index contributed by atoms with van der Waals surface area (Å²) in [5.41, 5.74) is 0.0701. The van der Waals surface area contributed by atoms with E-state index >= 15 is 0 Å². The van der Waals surface area contributed by atoms with Crippen molar-refractivity contribution in [2.45, 2.75) is 31.7 Å². The number of Topliss-reactive ketones (excluding diaryl/α,β-unsaturated/α-hetero) is 1. The van der Waals surface area contributed by atoms with Crippen molar-refractivity contribution in [3.63, 3.8) is 0 Å². The Morgan fingerprint density at radius 2 is 1.71 bits per heavy atom. The molecule has 2 rings (SSSR count). The smallest absolute Gasteiger partial charge is 0.223 e. The second kappa shape index (κ2) is 7.25. The molecule has 0 saturated heterocycles. The lowest BCUT2D eigenvalue weighted by Crippen LogP contribution is -2.39. The number of hydrogen-bond acceptors (Lipinski definition) is 4. The molecule has 2 aromatic rings. The van der Waals surface area contributed by atoms with Crippen LogP contribution in [0.1, 0.15) is 42.1 Å². The number of carbonyl (C=O) groups is 1. The minimum atomic E-state index is -1.25. The van der Waals surface area contributed by atoms with Crippen molar-refractivity contribution in [3.8, 4) is 5.75 Å². The lowest BCUT2D eigenvalue weighted by molar-refractivity contribution is -0.565. The van der Waals surface area contributed by atoms with E-state index in [1.54, 1.807) is 45.2 Å². The quantitative estimate of drug-likeness (QED) is 0.436. The largest absolute Gasteiger partial charge is 0.497 e. The number of nitrogens with zero attached hydrogens (tertiary/aromatic N) is 1. The SMILES string of the molecule is COc1ccc(C(=O)C[C@H](c2ccccc2)C(C)(C)[N+](=O)[O-])cc1. The number of ether oxygens (including phenoxy) is 1. The summed E-state index contributed by atoms with van der Waals surface area (Å²) in [5.74, 6) is 0.0292. The molecule has 0 saturated carbocycles. The van der Waals surface area contributed by atoms with Gasteiger partial charge >= 0.3 is 0 Å². The van der Waals surface area contributed by atoms with E-state index in [0.717, 1.165) is 5.56 Å². The summed E-state index contributed by atoms with van der Waals surface area (Å²) in [5, 5.41) is 11.5. The van der Waals surface area contributed by atoms with Gasteiger partial charge in [-0.15, -0.1) is 0 Å². The third kappa shape index (κ3) is 3.79. The molecule has 0 aliphatic rings. The van der Waals surface area contributed by atoms with Crippen molar-refractivity contribution in [2.75, 3.05) is 7.11 Å². The fourth-order valence-corrected chi connectivity index (χ4v) is 2.67. The molecular weight excluding hydrogens is 306 g/mol. The van der Waals surface area contributed by atoms with Gasteiger partial charge in [0.15, 0.2) is 5.78 Å². The van der Waals surface area contributed by atoms with Gasteiger partial charge in [-0.3, -0.25) is 14.9 Å². The molecule has 1 atom stereocenters. The first-order chi connectivity index (χ1) is 11.4. The highest BCUT2D eigenvalue weighted by atomic mass is 16.6. The maximum Gasteiger partial charge on any atom is 0.223 e. The van der Waals surface area contributed by atoms with Crippen LogP contribution in [0.4, 0.5) is 0 Å². The van der Waals surface area contributed by atoms with Crippen molar-refractivity contribution < 1.29 is 14.5 Å². The first-order valence-corrected chi connectivity index (χ1v) is 7.73. The molecule has 0 bridgehead atoms. The average Bonchev–Trinajstić information content (AvgIpc) is 2.60. The van der Waals surface area contributed by atoms with Gasteiger partial charge in [0.25, 0.3) is 0 Å². The molecule has 2 aromatic carbocycles. The van der Waals surface area contributed by atoms with Crippen molar-refractivity contribution >= 4 is 5.78 Å². The topological polar surface area (TPSA) is 69.4 Å². The van der Waals surface area contributed by atoms with Gasteiger partial charge in [0.1, 0.15) is 5.75 Å². The number of methoxy groups -OCH3 is 1. The van der Waals surface area contributed by atoms with Crippen LogP contribution in [0, 0.1) is 10.1 Å². The zero-order valence-electron chi connectivity index (χ0n) is 14.1. The maximum atomic E-state index is 12.6. The zero-order valence-corrected chi connectivity index (χ0v) is 14.1. The molecule has 0 N–H and O–H groups in total. The Hall–Kier alpha value is -2.69. The predicted molar refractivity (Wildman–Crippen MR) is 92.2 cm³/mol. The first-order valence-electron chi connectivity index (χ1n) is 7.73. The minimum absolute atomic E-state index is 0.0737. The van der Waals surface area contributed by atoms with E-state index in [2.05, 4.69) is 0 Å². The molecule has 0 spiro atoms. The molecule has 5 nitrogen and oxygen atoms in total. The number of nitro groups is 1. The van der Waals surface area contributed by atoms with Crippen molar-refractivity contribution in [2.24, 2.45) is 0 Å². The third-order valence-electron chi connectivity index (χ3n) is 4.33. The van der Waals surface area contributed by atoms with Gasteiger partial charge in [-0.25, -0.2) is 0 Å². The number of benzene rings is 2. The summed E-state index contributed by atoms with van der Waals surface area (Å²) < 4.78 is 5.08. The van der Waals surface area contributed by atoms with Crippen LogP contribution in [-0.2, 0) is 0 Å². The van der Waals surface area contributed by atoms with Crippen LogP contribution in [-0.4, -0.2) is 23.4 Å². The molecule has 0 aromatic heterocycles. The molecule has 126 valence electrons. The van der Waals surface area contributed by atoms with E-state index in [-0.39, 0.29) is 17.1 Å². The highest BCUT2D eigenvalue weighted by molar-refractivity contribution is 5.96.